The Bertz CT molecular complexity index is 2290. The number of hydrogen-bond acceptors (Lipinski definition) is 12. The second-order valence-corrected chi connectivity index (χ2v) is 18.4. The molecule has 1 heterocycles. The third-order valence-electron chi connectivity index (χ3n) is 7.21. The topological polar surface area (TPSA) is 242 Å². The zero-order valence-corrected chi connectivity index (χ0v) is 38.7. The van der Waals surface area contributed by atoms with E-state index in [0.717, 1.165) is 19.0 Å². The maximum Gasteiger partial charge on any atom is 0.431 e. The number of aliphatic carboxylic acids is 1. The number of nitriles is 1. The van der Waals surface area contributed by atoms with Crippen LogP contribution in [0.5, 0.6) is 17.2 Å². The van der Waals surface area contributed by atoms with Crippen LogP contribution in [0.4, 0.5) is 13.2 Å². The molecule has 0 amide bonds. The van der Waals surface area contributed by atoms with E-state index < -0.39 is 61.6 Å². The molecule has 0 saturated heterocycles. The summed E-state index contributed by atoms with van der Waals surface area (Å²) in [5.41, 5.74) is -1.30. The fourth-order valence-electron chi connectivity index (χ4n) is 4.37. The molecule has 0 fully saturated rings. The Morgan fingerprint density at radius 2 is 1.61 bits per heavy atom. The number of nitrogens with one attached hydrogen (secondary N) is 1. The van der Waals surface area contributed by atoms with Gasteiger partial charge in [-0.3, -0.25) is 19.5 Å². The molecule has 4 rings (SSSR count). The first-order valence-electron chi connectivity index (χ1n) is 17.3. The van der Waals surface area contributed by atoms with Gasteiger partial charge in [-0.05, 0) is 104 Å². The molecule has 0 spiro atoms. The number of hydrogen-bond donors (Lipinski definition) is 4. The van der Waals surface area contributed by atoms with Crippen LogP contribution in [0.3, 0.4) is 0 Å². The van der Waals surface area contributed by atoms with Gasteiger partial charge in [0.1, 0.15) is 37.1 Å². The standard InChI is InChI=1S/C25H25F3N2O6.C7H3Br2NO.C3H8NO5P.C3H9S/c1-5-16-6-7-17(20(12-16)36-15(2)23(32)34-4)14-35-19-10-8-18(9-11-19)30-22(31)13-21(25(26,27)28)29(3)24(30)33;8-5-1-4(3-10)2-6(9)7(5)11;5-3(6)1-4-2-10(7,8)9;1-4(2)3/h6-13,15H,5,14H2,1-4H3;1-2,11H;4H,1-2H2,(H,5,6)(H2,7,8,9);1-3H3/q;;;+1/p-1. The van der Waals surface area contributed by atoms with Crippen LogP contribution in [-0.2, 0) is 56.0 Å². The zero-order chi connectivity index (χ0) is 46.8. The van der Waals surface area contributed by atoms with E-state index in [4.69, 9.17) is 29.5 Å². The van der Waals surface area contributed by atoms with E-state index in [9.17, 15) is 46.9 Å². The predicted molar refractivity (Wildman–Crippen MR) is 228 cm³/mol. The molecule has 16 nitrogen and oxygen atoms in total. The van der Waals surface area contributed by atoms with Crippen LogP contribution >= 0.6 is 39.5 Å². The molecule has 23 heteroatoms. The number of phenols is 1. The van der Waals surface area contributed by atoms with Gasteiger partial charge in [-0.2, -0.15) is 18.4 Å². The van der Waals surface area contributed by atoms with Gasteiger partial charge in [0.15, 0.2) is 6.10 Å². The van der Waals surface area contributed by atoms with Crippen molar-refractivity contribution >= 4 is 62.3 Å². The van der Waals surface area contributed by atoms with Crippen molar-refractivity contribution in [1.29, 1.82) is 5.26 Å². The predicted octanol–water partition coefficient (Wildman–Crippen LogP) is 5.08. The summed E-state index contributed by atoms with van der Waals surface area (Å²) < 4.78 is 67.5. The molecule has 61 heavy (non-hydrogen) atoms. The molecule has 0 aliphatic carbocycles. The van der Waals surface area contributed by atoms with Crippen molar-refractivity contribution in [2.45, 2.75) is 39.2 Å². The van der Waals surface area contributed by atoms with Gasteiger partial charge < -0.3 is 38.8 Å². The van der Waals surface area contributed by atoms with Gasteiger partial charge in [-0.1, -0.05) is 19.1 Å². The number of carbonyl (C=O) groups excluding carboxylic acids is 1. The lowest BCUT2D eigenvalue weighted by Gasteiger charge is -2.17. The number of ether oxygens (including phenoxy) is 3. The number of alkyl halides is 3. The minimum atomic E-state index is -4.84. The van der Waals surface area contributed by atoms with Crippen molar-refractivity contribution in [2.24, 2.45) is 7.05 Å². The lowest BCUT2D eigenvalue weighted by molar-refractivity contribution is -0.193. The van der Waals surface area contributed by atoms with E-state index in [1.54, 1.807) is 19.1 Å². The third-order valence-corrected chi connectivity index (χ3v) is 9.04. The number of phenolic OH excluding ortho intramolecular Hbond substituents is 1. The van der Waals surface area contributed by atoms with E-state index in [2.05, 4.69) is 50.6 Å². The molecule has 0 radical (unpaired) electrons. The Balaban J connectivity index is 0.000000601. The molecular weight excluding hydrogens is 984 g/mol. The number of nitrogens with zero attached hydrogens (tertiary/aromatic N) is 3. The van der Waals surface area contributed by atoms with Crippen LogP contribution in [-0.4, -0.2) is 81.0 Å². The maximum atomic E-state index is 13.1. The molecule has 334 valence electrons. The average molecular weight is 1030 g/mol. The molecule has 0 aliphatic heterocycles. The molecule has 0 bridgehead atoms. The molecule has 4 N–H and O–H groups in total. The fraction of sp³-hybridized carbons (Fsp3) is 0.342. The van der Waals surface area contributed by atoms with Crippen LogP contribution in [0.2, 0.25) is 0 Å². The van der Waals surface area contributed by atoms with E-state index >= 15 is 0 Å². The number of benzene rings is 3. The minimum absolute atomic E-state index is 0.0779. The number of aryl methyl sites for hydroxylation is 1. The van der Waals surface area contributed by atoms with Crippen LogP contribution < -0.4 is 30.9 Å². The Kier molecular flexibility index (Phi) is 22.6. The molecule has 0 aliphatic rings. The number of aromatic nitrogens is 2. The number of carbonyl (C=O) groups is 2. The first kappa shape index (κ1) is 54.4. The molecule has 4 aromatic rings. The third kappa shape index (κ3) is 19.3. The monoisotopic (exact) mass is 1030 g/mol. The first-order valence-corrected chi connectivity index (χ1v) is 23.1. The Labute approximate surface area is 368 Å². The smallest absolute Gasteiger partial charge is 0.431 e. The molecular formula is C38H44Br2F3N4O12PS. The van der Waals surface area contributed by atoms with Crippen LogP contribution in [0.25, 0.3) is 5.69 Å². The number of methoxy groups -OCH3 is 1. The Hall–Kier alpha value is -4.62. The Morgan fingerprint density at radius 3 is 2.07 bits per heavy atom. The number of aromatic hydroxyl groups is 1. The maximum absolute atomic E-state index is 13.1. The number of carboxylic acid groups (broad SMARTS) is 1. The second kappa shape index (κ2) is 25.3. The highest BCUT2D eigenvalue weighted by Gasteiger charge is 2.35. The van der Waals surface area contributed by atoms with Crippen LogP contribution in [0, 0.1) is 11.3 Å². The first-order chi connectivity index (χ1) is 28.3. The fourth-order valence-corrected chi connectivity index (χ4v) is 5.96. The number of esters is 1. The highest BCUT2D eigenvalue weighted by atomic mass is 79.9. The summed E-state index contributed by atoms with van der Waals surface area (Å²) in [4.78, 5) is 64.3. The van der Waals surface area contributed by atoms with Gasteiger partial charge in [0.25, 0.3) is 5.56 Å². The van der Waals surface area contributed by atoms with Crippen molar-refractivity contribution in [2.75, 3.05) is 38.7 Å². The SMILES string of the molecule is CCc1ccc(COc2ccc(-n3c(=O)cc(C(F)(F)F)n(C)c3=O)cc2)c(OC(C)C(=O)OC)c1.C[S+](C)C.N#Cc1cc(Br)c(O)c(Br)c1.O=C(O)CNCP(=O)([O-])O. The van der Waals surface area contributed by atoms with Gasteiger partial charge in [-0.25, -0.2) is 14.2 Å². The van der Waals surface area contributed by atoms with Gasteiger partial charge >= 0.3 is 23.8 Å². The normalized spacial score (nSPS) is 12.1. The summed E-state index contributed by atoms with van der Waals surface area (Å²) in [6.45, 7) is 3.15. The van der Waals surface area contributed by atoms with Gasteiger partial charge in [0, 0.05) is 18.7 Å². The van der Waals surface area contributed by atoms with Gasteiger partial charge in [-0.15, -0.1) is 0 Å². The van der Waals surface area contributed by atoms with Crippen LogP contribution in [0.15, 0.2) is 79.2 Å². The van der Waals surface area contributed by atoms with Crippen molar-refractivity contribution in [3.8, 4) is 29.0 Å². The minimum Gasteiger partial charge on any atom is -0.778 e. The van der Waals surface area contributed by atoms with E-state index in [0.29, 0.717) is 57.7 Å². The van der Waals surface area contributed by atoms with Gasteiger partial charge in [0.2, 0.25) is 0 Å². The van der Waals surface area contributed by atoms with Crippen molar-refractivity contribution in [3.05, 3.63) is 113 Å². The summed E-state index contributed by atoms with van der Waals surface area (Å²) in [6.07, 6.45) is 0.967. The molecule has 0 saturated carbocycles. The molecule has 2 unspecified atom stereocenters. The highest BCUT2D eigenvalue weighted by Crippen LogP contribution is 2.33. The molecule has 2 atom stereocenters. The Morgan fingerprint density at radius 1 is 1.05 bits per heavy atom. The summed E-state index contributed by atoms with van der Waals surface area (Å²) in [6, 6.07) is 16.7. The van der Waals surface area contributed by atoms with E-state index in [1.165, 1.54) is 31.4 Å². The number of halogens is 5. The van der Waals surface area contributed by atoms with Crippen LogP contribution in [0.1, 0.15) is 36.2 Å². The van der Waals surface area contributed by atoms with Crippen molar-refractivity contribution < 1.29 is 61.5 Å². The highest BCUT2D eigenvalue weighted by molar-refractivity contribution is 9.11. The van der Waals surface area contributed by atoms with E-state index in [1.807, 2.05) is 36.5 Å². The summed E-state index contributed by atoms with van der Waals surface area (Å²) in [7, 11) is -1.49. The van der Waals surface area contributed by atoms with Crippen molar-refractivity contribution in [1.82, 2.24) is 14.5 Å². The number of carboxylic acids is 1. The quantitative estimate of drug-likeness (QED) is 0.0822. The van der Waals surface area contributed by atoms with Gasteiger partial charge in [0.05, 0.1) is 65.0 Å². The average Bonchev–Trinajstić information content (AvgIpc) is 3.17. The largest absolute Gasteiger partial charge is 0.778 e. The zero-order valence-electron chi connectivity index (χ0n) is 33.8. The summed E-state index contributed by atoms with van der Waals surface area (Å²) in [5.74, 6) is -0.743. The van der Waals surface area contributed by atoms with E-state index in [-0.39, 0.29) is 18.0 Å². The summed E-state index contributed by atoms with van der Waals surface area (Å²) in [5, 5.41) is 27.7. The molecule has 3 aromatic carbocycles. The second-order valence-electron chi connectivity index (χ2n) is 12.6. The lowest BCUT2D eigenvalue weighted by atomic mass is 10.1. The summed E-state index contributed by atoms with van der Waals surface area (Å²) >= 11 is 6.21. The lowest BCUT2D eigenvalue weighted by Crippen LogP contribution is -2.40. The number of rotatable bonds is 12. The van der Waals surface area contributed by atoms with Crippen molar-refractivity contribution in [3.63, 3.8) is 0 Å². The molecule has 1 aromatic heterocycles.